The molecule has 0 saturated carbocycles. The Labute approximate surface area is 255 Å². The molecule has 15 heteroatoms. The number of carbonyl (C=O) groups excluding carboxylic acids is 1. The summed E-state index contributed by atoms with van der Waals surface area (Å²) in [4.78, 5) is 16.8. The molecule has 0 spiro atoms. The maximum Gasteiger partial charge on any atom is 0.459 e. The summed E-state index contributed by atoms with van der Waals surface area (Å²) in [5, 5.41) is 28.6. The fourth-order valence-corrected chi connectivity index (χ4v) is 6.76. The molecule has 13 nitrogen and oxygen atoms in total. The second-order valence-corrected chi connectivity index (χ2v) is 12.7. The number of benzene rings is 1. The largest absolute Gasteiger partial charge is 0.464 e. The second kappa shape index (κ2) is 14.8. The maximum atomic E-state index is 14.7. The van der Waals surface area contributed by atoms with Crippen LogP contribution in [0.2, 0.25) is 0 Å². The Morgan fingerprint density at radius 3 is 2.57 bits per heavy atom. The standard InChI is InChI=1S/C29H41FN5O8P/c1-4-9-20(10-5-2)15-40-28(38)19(3)34-44(39,43-21-11-7-6-8-12-21)41-17-29(16-30)26(37)24(36)25(42-29)22-13-14-23-27(31)32-18-33-35(22)23/h6-8,11-14,18-20,24-26,36-37H,4-5,9-10,15-17H2,1-3H3,(H,34,39)(H2,31,32,33)/t19-,24-,25-,26-,29+,44?/m0/s1. The first-order valence-corrected chi connectivity index (χ1v) is 16.2. The summed E-state index contributed by atoms with van der Waals surface area (Å²) in [6.07, 6.45) is 0.249. The lowest BCUT2D eigenvalue weighted by atomic mass is 9.96. The van der Waals surface area contributed by atoms with Crippen molar-refractivity contribution in [2.75, 3.05) is 25.6 Å². The molecule has 2 aromatic heterocycles. The Morgan fingerprint density at radius 1 is 1.20 bits per heavy atom. The molecule has 5 N–H and O–H groups in total. The molecule has 3 heterocycles. The summed E-state index contributed by atoms with van der Waals surface area (Å²) in [5.41, 5.74) is 4.45. The smallest absolute Gasteiger partial charge is 0.459 e. The van der Waals surface area contributed by atoms with Crippen LogP contribution in [0.5, 0.6) is 5.75 Å². The maximum absolute atomic E-state index is 14.7. The molecule has 0 bridgehead atoms. The molecule has 1 unspecified atom stereocenters. The van der Waals surface area contributed by atoms with Crippen molar-refractivity contribution in [2.24, 2.45) is 5.92 Å². The van der Waals surface area contributed by atoms with Gasteiger partial charge in [0.05, 0.1) is 18.9 Å². The van der Waals surface area contributed by atoms with Crippen LogP contribution in [-0.2, 0) is 23.4 Å². The van der Waals surface area contributed by atoms with Crippen molar-refractivity contribution < 1.29 is 42.5 Å². The van der Waals surface area contributed by atoms with Crippen LogP contribution in [0.4, 0.5) is 10.2 Å². The summed E-state index contributed by atoms with van der Waals surface area (Å²) in [6, 6.07) is 10.1. The minimum atomic E-state index is -4.44. The summed E-state index contributed by atoms with van der Waals surface area (Å²) >= 11 is 0. The lowest BCUT2D eigenvalue weighted by Gasteiger charge is -2.31. The van der Waals surface area contributed by atoms with Crippen LogP contribution in [0.1, 0.15) is 58.3 Å². The van der Waals surface area contributed by atoms with Gasteiger partial charge in [0.25, 0.3) is 0 Å². The number of nitrogens with one attached hydrogen (secondary N) is 1. The Balaban J connectivity index is 1.52. The summed E-state index contributed by atoms with van der Waals surface area (Å²) in [7, 11) is -4.44. The monoisotopic (exact) mass is 637 g/mol. The van der Waals surface area contributed by atoms with Crippen molar-refractivity contribution in [1.29, 1.82) is 0 Å². The van der Waals surface area contributed by atoms with Crippen LogP contribution in [0.25, 0.3) is 5.52 Å². The van der Waals surface area contributed by atoms with Gasteiger partial charge in [-0.05, 0) is 49.9 Å². The van der Waals surface area contributed by atoms with Gasteiger partial charge in [-0.25, -0.2) is 18.5 Å². The Hall–Kier alpha value is -3.13. The van der Waals surface area contributed by atoms with Crippen molar-refractivity contribution >= 4 is 25.1 Å². The van der Waals surface area contributed by atoms with E-state index in [1.54, 1.807) is 30.3 Å². The van der Waals surface area contributed by atoms with E-state index in [-0.39, 0.29) is 29.8 Å². The highest BCUT2D eigenvalue weighted by molar-refractivity contribution is 7.52. The van der Waals surface area contributed by atoms with Gasteiger partial charge in [0, 0.05) is 0 Å². The molecule has 242 valence electrons. The van der Waals surface area contributed by atoms with E-state index in [9.17, 15) is 24.0 Å². The van der Waals surface area contributed by atoms with E-state index in [0.29, 0.717) is 5.52 Å². The zero-order valence-electron chi connectivity index (χ0n) is 25.0. The van der Waals surface area contributed by atoms with Gasteiger partial charge >= 0.3 is 13.7 Å². The highest BCUT2D eigenvalue weighted by Gasteiger charge is 2.57. The van der Waals surface area contributed by atoms with Crippen LogP contribution in [-0.4, -0.2) is 74.5 Å². The zero-order valence-corrected chi connectivity index (χ0v) is 25.9. The SMILES string of the molecule is CCCC(CCC)COC(=O)[C@H](C)NP(=O)(OC[C@@]1(CF)O[C@@H](c2ccc3c(N)ncnn23)[C@H](O)[C@@H]1O)Oc1ccccc1. The fraction of sp³-hybridized carbons (Fsp3) is 0.552. The molecule has 4 rings (SSSR count). The quantitative estimate of drug-likeness (QED) is 0.132. The van der Waals surface area contributed by atoms with E-state index in [1.165, 1.54) is 29.9 Å². The van der Waals surface area contributed by atoms with E-state index in [0.717, 1.165) is 25.7 Å². The van der Waals surface area contributed by atoms with Crippen molar-refractivity contribution in [1.82, 2.24) is 19.7 Å². The molecule has 1 aliphatic rings. The topological polar surface area (TPSA) is 180 Å². The van der Waals surface area contributed by atoms with Gasteiger partial charge in [-0.2, -0.15) is 10.2 Å². The number of alkyl halides is 1. The van der Waals surface area contributed by atoms with Gasteiger partial charge in [0.2, 0.25) is 0 Å². The molecule has 0 amide bonds. The average molecular weight is 638 g/mol. The van der Waals surface area contributed by atoms with Crippen molar-refractivity contribution in [3.8, 4) is 5.75 Å². The first kappa shape index (κ1) is 33.8. The van der Waals surface area contributed by atoms with E-state index < -0.39 is 57.0 Å². The van der Waals surface area contributed by atoms with Gasteiger partial charge in [0.15, 0.2) is 5.82 Å². The number of aliphatic hydroxyl groups excluding tert-OH is 2. The van der Waals surface area contributed by atoms with Gasteiger partial charge in [-0.15, -0.1) is 0 Å². The number of para-hydroxylation sites is 1. The van der Waals surface area contributed by atoms with Crippen LogP contribution in [0, 0.1) is 5.92 Å². The third kappa shape index (κ3) is 7.56. The number of hydrogen-bond acceptors (Lipinski definition) is 11. The number of ether oxygens (including phenoxy) is 2. The molecule has 1 aliphatic heterocycles. The molecular formula is C29H41FN5O8P. The molecule has 6 atom stereocenters. The van der Waals surface area contributed by atoms with E-state index in [1.807, 2.05) is 0 Å². The van der Waals surface area contributed by atoms with E-state index in [4.69, 9.17) is 24.3 Å². The normalized spacial score (nSPS) is 23.9. The second-order valence-electron chi connectivity index (χ2n) is 11.0. The number of esters is 1. The number of anilines is 1. The van der Waals surface area contributed by atoms with Crippen LogP contribution < -0.4 is 15.3 Å². The Morgan fingerprint density at radius 2 is 1.91 bits per heavy atom. The van der Waals surface area contributed by atoms with Gasteiger partial charge in [-0.1, -0.05) is 44.9 Å². The third-order valence-corrected chi connectivity index (χ3v) is 9.19. The number of carbonyl (C=O) groups is 1. The fourth-order valence-electron chi connectivity index (χ4n) is 5.21. The summed E-state index contributed by atoms with van der Waals surface area (Å²) < 4.78 is 52.8. The number of halogens is 1. The van der Waals surface area contributed by atoms with E-state index >= 15 is 0 Å². The number of nitrogens with zero attached hydrogens (tertiary/aromatic N) is 3. The predicted octanol–water partition coefficient (Wildman–Crippen LogP) is 3.75. The number of rotatable bonds is 16. The molecule has 0 aliphatic carbocycles. The Bertz CT molecular complexity index is 1430. The Kier molecular flexibility index (Phi) is 11.3. The lowest BCUT2D eigenvalue weighted by molar-refractivity contribution is -0.147. The minimum Gasteiger partial charge on any atom is -0.464 e. The summed E-state index contributed by atoms with van der Waals surface area (Å²) in [5.74, 6) is -0.151. The highest BCUT2D eigenvalue weighted by atomic mass is 31.2. The molecule has 44 heavy (non-hydrogen) atoms. The number of aromatic nitrogens is 3. The first-order chi connectivity index (χ1) is 21.1. The number of nitrogens with two attached hydrogens (primary N) is 1. The van der Waals surface area contributed by atoms with Crippen molar-refractivity contribution in [2.45, 2.75) is 76.4 Å². The predicted molar refractivity (Wildman–Crippen MR) is 159 cm³/mol. The number of hydrogen-bond donors (Lipinski definition) is 4. The van der Waals surface area contributed by atoms with Gasteiger partial charge in [-0.3, -0.25) is 9.32 Å². The molecule has 1 saturated heterocycles. The van der Waals surface area contributed by atoms with E-state index in [2.05, 4.69) is 29.0 Å². The first-order valence-electron chi connectivity index (χ1n) is 14.7. The lowest BCUT2D eigenvalue weighted by Crippen LogP contribution is -2.49. The molecule has 3 aromatic rings. The van der Waals surface area contributed by atoms with Gasteiger partial charge in [0.1, 0.15) is 54.2 Å². The third-order valence-electron chi connectivity index (χ3n) is 7.57. The molecular weight excluding hydrogens is 596 g/mol. The minimum absolute atomic E-state index is 0.145. The van der Waals surface area contributed by atoms with Crippen LogP contribution in [0.3, 0.4) is 0 Å². The molecule has 0 radical (unpaired) electrons. The van der Waals surface area contributed by atoms with Gasteiger partial charge < -0.3 is 29.9 Å². The van der Waals surface area contributed by atoms with Crippen LogP contribution in [0.15, 0.2) is 48.8 Å². The summed E-state index contributed by atoms with van der Waals surface area (Å²) in [6.45, 7) is 3.65. The number of fused-ring (bicyclic) bond motifs is 1. The number of aliphatic hydroxyl groups is 2. The van der Waals surface area contributed by atoms with Crippen molar-refractivity contribution in [3.05, 3.63) is 54.5 Å². The highest BCUT2D eigenvalue weighted by Crippen LogP contribution is 2.48. The number of nitrogen functional groups attached to an aromatic ring is 1. The molecule has 1 aromatic carbocycles. The average Bonchev–Trinajstić information content (AvgIpc) is 3.55. The zero-order chi connectivity index (χ0) is 31.9. The van der Waals surface area contributed by atoms with Crippen LogP contribution >= 0.6 is 7.75 Å². The molecule has 1 fully saturated rings. The van der Waals surface area contributed by atoms with Crippen molar-refractivity contribution in [3.63, 3.8) is 0 Å².